The van der Waals surface area contributed by atoms with Crippen LogP contribution in [0.25, 0.3) is 11.0 Å². The van der Waals surface area contributed by atoms with E-state index in [-0.39, 0.29) is 12.0 Å². The van der Waals surface area contributed by atoms with E-state index in [0.717, 1.165) is 16.7 Å². The molecule has 0 saturated heterocycles. The van der Waals surface area contributed by atoms with E-state index in [0.29, 0.717) is 13.2 Å². The highest BCUT2D eigenvalue weighted by Crippen LogP contribution is 2.08. The molecule has 0 aliphatic heterocycles. The largest absolute Gasteiger partial charge is 0.465 e. The Bertz CT molecular complexity index is 571. The van der Waals surface area contributed by atoms with Crippen molar-refractivity contribution in [2.75, 3.05) is 6.61 Å². The van der Waals surface area contributed by atoms with Crippen LogP contribution in [0, 0.1) is 0 Å². The summed E-state index contributed by atoms with van der Waals surface area (Å²) in [7, 11) is 0. The Balaban J connectivity index is 1.99. The van der Waals surface area contributed by atoms with Crippen LogP contribution < -0.4 is 5.32 Å². The molecule has 0 aliphatic rings. The SMILES string of the molecule is CCOC(=O)C(C)NCc1cnc2ccccc2n1. The van der Waals surface area contributed by atoms with E-state index in [1.54, 1.807) is 20.0 Å². The Labute approximate surface area is 112 Å². The normalized spacial score (nSPS) is 12.3. The van der Waals surface area contributed by atoms with Gasteiger partial charge in [0, 0.05) is 6.54 Å². The minimum Gasteiger partial charge on any atom is -0.465 e. The van der Waals surface area contributed by atoms with E-state index in [2.05, 4.69) is 15.3 Å². The lowest BCUT2D eigenvalue weighted by atomic mass is 10.3. The number of benzene rings is 1. The van der Waals surface area contributed by atoms with Crippen LogP contribution in [0.5, 0.6) is 0 Å². The zero-order valence-electron chi connectivity index (χ0n) is 11.1. The lowest BCUT2D eigenvalue weighted by Gasteiger charge is -2.12. The van der Waals surface area contributed by atoms with Crippen molar-refractivity contribution in [3.05, 3.63) is 36.2 Å². The predicted octanol–water partition coefficient (Wildman–Crippen LogP) is 1.67. The topological polar surface area (TPSA) is 64.1 Å². The number of carbonyl (C=O) groups excluding carboxylic acids is 1. The highest BCUT2D eigenvalue weighted by Gasteiger charge is 2.13. The van der Waals surface area contributed by atoms with Crippen LogP contribution >= 0.6 is 0 Å². The zero-order chi connectivity index (χ0) is 13.7. The van der Waals surface area contributed by atoms with Gasteiger partial charge < -0.3 is 4.74 Å². The number of rotatable bonds is 5. The molecule has 1 aromatic heterocycles. The van der Waals surface area contributed by atoms with Crippen LogP contribution in [0.4, 0.5) is 0 Å². The van der Waals surface area contributed by atoms with E-state index >= 15 is 0 Å². The van der Waals surface area contributed by atoms with Gasteiger partial charge in [0.05, 0.1) is 29.5 Å². The van der Waals surface area contributed by atoms with Crippen LogP contribution in [-0.2, 0) is 16.1 Å². The molecule has 5 heteroatoms. The number of carbonyl (C=O) groups is 1. The molecule has 0 bridgehead atoms. The van der Waals surface area contributed by atoms with Crippen molar-refractivity contribution < 1.29 is 9.53 Å². The number of ether oxygens (including phenoxy) is 1. The molecule has 0 saturated carbocycles. The third-order valence-electron chi connectivity index (χ3n) is 2.73. The summed E-state index contributed by atoms with van der Waals surface area (Å²) in [5.74, 6) is -0.253. The van der Waals surface area contributed by atoms with Gasteiger partial charge in [0.1, 0.15) is 6.04 Å². The number of hydrogen-bond donors (Lipinski definition) is 1. The van der Waals surface area contributed by atoms with Crippen molar-refractivity contribution >= 4 is 17.0 Å². The van der Waals surface area contributed by atoms with E-state index < -0.39 is 0 Å². The van der Waals surface area contributed by atoms with E-state index in [1.165, 1.54) is 0 Å². The second kappa shape index (κ2) is 6.24. The smallest absolute Gasteiger partial charge is 0.322 e. The monoisotopic (exact) mass is 259 g/mol. The van der Waals surface area contributed by atoms with Gasteiger partial charge in [-0.25, -0.2) is 4.98 Å². The molecule has 0 amide bonds. The summed E-state index contributed by atoms with van der Waals surface area (Å²) < 4.78 is 4.92. The third kappa shape index (κ3) is 3.48. The molecule has 1 aromatic carbocycles. The van der Waals surface area contributed by atoms with Crippen molar-refractivity contribution in [3.63, 3.8) is 0 Å². The van der Waals surface area contributed by atoms with Crippen LogP contribution in [0.1, 0.15) is 19.5 Å². The van der Waals surface area contributed by atoms with Crippen LogP contribution in [0.3, 0.4) is 0 Å². The molecule has 2 rings (SSSR count). The maximum Gasteiger partial charge on any atom is 0.322 e. The molecule has 1 heterocycles. The lowest BCUT2D eigenvalue weighted by molar-refractivity contribution is -0.145. The van der Waals surface area contributed by atoms with Gasteiger partial charge in [0.25, 0.3) is 0 Å². The summed E-state index contributed by atoms with van der Waals surface area (Å²) >= 11 is 0. The first-order chi connectivity index (χ1) is 9.20. The van der Waals surface area contributed by atoms with Gasteiger partial charge in [-0.1, -0.05) is 12.1 Å². The summed E-state index contributed by atoms with van der Waals surface area (Å²) in [5, 5.41) is 3.07. The van der Waals surface area contributed by atoms with Gasteiger partial charge in [0.15, 0.2) is 0 Å². The summed E-state index contributed by atoms with van der Waals surface area (Å²) in [4.78, 5) is 20.3. The lowest BCUT2D eigenvalue weighted by Crippen LogP contribution is -2.35. The molecule has 0 fully saturated rings. The molecule has 0 aliphatic carbocycles. The van der Waals surface area contributed by atoms with Crippen molar-refractivity contribution in [1.29, 1.82) is 0 Å². The summed E-state index contributed by atoms with van der Waals surface area (Å²) in [6.45, 7) is 4.43. The number of esters is 1. The standard InChI is InChI=1S/C14H17N3O2/c1-3-19-14(18)10(2)15-8-11-9-16-12-6-4-5-7-13(12)17-11/h4-7,9-10,15H,3,8H2,1-2H3. The first kappa shape index (κ1) is 13.4. The Morgan fingerprint density at radius 3 is 2.84 bits per heavy atom. The fraction of sp³-hybridized carbons (Fsp3) is 0.357. The quantitative estimate of drug-likeness (QED) is 0.827. The van der Waals surface area contributed by atoms with Gasteiger partial charge in [-0.2, -0.15) is 0 Å². The van der Waals surface area contributed by atoms with Gasteiger partial charge in [-0.3, -0.25) is 15.1 Å². The number of aromatic nitrogens is 2. The van der Waals surface area contributed by atoms with Gasteiger partial charge >= 0.3 is 5.97 Å². The van der Waals surface area contributed by atoms with E-state index in [9.17, 15) is 4.79 Å². The molecule has 2 aromatic rings. The molecule has 1 atom stereocenters. The maximum atomic E-state index is 11.5. The average Bonchev–Trinajstić information content (AvgIpc) is 2.44. The van der Waals surface area contributed by atoms with Crippen molar-refractivity contribution in [1.82, 2.24) is 15.3 Å². The molecule has 100 valence electrons. The molecule has 0 spiro atoms. The second-order valence-electron chi connectivity index (χ2n) is 4.20. The van der Waals surface area contributed by atoms with Crippen molar-refractivity contribution in [2.24, 2.45) is 0 Å². The first-order valence-electron chi connectivity index (χ1n) is 6.31. The van der Waals surface area contributed by atoms with Gasteiger partial charge in [0.2, 0.25) is 0 Å². The molecular weight excluding hydrogens is 242 g/mol. The minimum atomic E-state index is -0.353. The Morgan fingerprint density at radius 1 is 1.37 bits per heavy atom. The molecule has 5 nitrogen and oxygen atoms in total. The molecule has 1 unspecified atom stereocenters. The number of nitrogens with one attached hydrogen (secondary N) is 1. The maximum absolute atomic E-state index is 11.5. The number of fused-ring (bicyclic) bond motifs is 1. The summed E-state index contributed by atoms with van der Waals surface area (Å²) in [6, 6.07) is 7.34. The van der Waals surface area contributed by atoms with Gasteiger partial charge in [-0.15, -0.1) is 0 Å². The third-order valence-corrected chi connectivity index (χ3v) is 2.73. The molecule has 0 radical (unpaired) electrons. The minimum absolute atomic E-state index is 0.253. The Hall–Kier alpha value is -2.01. The van der Waals surface area contributed by atoms with Crippen LogP contribution in [-0.4, -0.2) is 28.6 Å². The molecule has 19 heavy (non-hydrogen) atoms. The summed E-state index contributed by atoms with van der Waals surface area (Å²) in [5.41, 5.74) is 2.52. The fourth-order valence-corrected chi connectivity index (χ4v) is 1.69. The molecular formula is C14H17N3O2. The van der Waals surface area contributed by atoms with E-state index in [4.69, 9.17) is 4.74 Å². The zero-order valence-corrected chi connectivity index (χ0v) is 11.1. The summed E-state index contributed by atoms with van der Waals surface area (Å²) in [6.07, 6.45) is 1.72. The number of nitrogens with zero attached hydrogens (tertiary/aromatic N) is 2. The average molecular weight is 259 g/mol. The fourth-order valence-electron chi connectivity index (χ4n) is 1.69. The highest BCUT2D eigenvalue weighted by atomic mass is 16.5. The van der Waals surface area contributed by atoms with E-state index in [1.807, 2.05) is 24.3 Å². The van der Waals surface area contributed by atoms with Crippen molar-refractivity contribution in [2.45, 2.75) is 26.4 Å². The second-order valence-corrected chi connectivity index (χ2v) is 4.20. The van der Waals surface area contributed by atoms with Crippen LogP contribution in [0.15, 0.2) is 30.5 Å². The van der Waals surface area contributed by atoms with Crippen molar-refractivity contribution in [3.8, 4) is 0 Å². The Kier molecular flexibility index (Phi) is 4.41. The first-order valence-corrected chi connectivity index (χ1v) is 6.31. The number of hydrogen-bond acceptors (Lipinski definition) is 5. The van der Waals surface area contributed by atoms with Gasteiger partial charge in [-0.05, 0) is 26.0 Å². The highest BCUT2D eigenvalue weighted by molar-refractivity contribution is 5.75. The predicted molar refractivity (Wildman–Crippen MR) is 72.5 cm³/mol. The number of para-hydroxylation sites is 2. The molecule has 1 N–H and O–H groups in total. The van der Waals surface area contributed by atoms with Crippen LogP contribution in [0.2, 0.25) is 0 Å². The Morgan fingerprint density at radius 2 is 2.11 bits per heavy atom.